The van der Waals surface area contributed by atoms with Crippen LogP contribution in [-0.2, 0) is 0 Å². The van der Waals surface area contributed by atoms with Gasteiger partial charge in [-0.05, 0) is 31.5 Å². The molecule has 0 saturated carbocycles. The zero-order valence-electron chi connectivity index (χ0n) is 10.8. The second-order valence-electron chi connectivity index (χ2n) is 4.75. The first kappa shape index (κ1) is 14.2. The highest BCUT2D eigenvalue weighted by atomic mass is 35.5. The van der Waals surface area contributed by atoms with Crippen LogP contribution in [0.1, 0.15) is 23.7 Å². The molecule has 4 nitrogen and oxygen atoms in total. The highest BCUT2D eigenvalue weighted by Gasteiger charge is 2.22. The van der Waals surface area contributed by atoms with E-state index in [0.717, 1.165) is 38.3 Å². The van der Waals surface area contributed by atoms with E-state index in [9.17, 15) is 9.18 Å². The number of nitrogens with zero attached hydrogens (tertiary/aromatic N) is 2. The molecule has 1 aliphatic heterocycles. The summed E-state index contributed by atoms with van der Waals surface area (Å²) in [7, 11) is 0. The van der Waals surface area contributed by atoms with Gasteiger partial charge in [0.25, 0.3) is 5.91 Å². The molecule has 1 N–H and O–H groups in total. The zero-order valence-corrected chi connectivity index (χ0v) is 11.6. The van der Waals surface area contributed by atoms with Gasteiger partial charge in [-0.1, -0.05) is 18.5 Å². The summed E-state index contributed by atoms with van der Waals surface area (Å²) in [5.74, 6) is -0.483. The Morgan fingerprint density at radius 2 is 2.47 bits per heavy atom. The molecular weight excluding hydrogens is 269 g/mol. The number of amides is 1. The van der Waals surface area contributed by atoms with Crippen molar-refractivity contribution in [1.29, 1.82) is 0 Å². The van der Waals surface area contributed by atoms with Crippen LogP contribution in [0.15, 0.2) is 12.3 Å². The van der Waals surface area contributed by atoms with Gasteiger partial charge in [-0.3, -0.25) is 4.79 Å². The summed E-state index contributed by atoms with van der Waals surface area (Å²) in [5.41, 5.74) is 0.0898. The van der Waals surface area contributed by atoms with Crippen LogP contribution in [0, 0.1) is 11.7 Å². The summed E-state index contributed by atoms with van der Waals surface area (Å²) in [4.78, 5) is 17.9. The van der Waals surface area contributed by atoms with Crippen molar-refractivity contribution in [1.82, 2.24) is 15.2 Å². The second kappa shape index (κ2) is 6.30. The second-order valence-corrected chi connectivity index (χ2v) is 5.11. The van der Waals surface area contributed by atoms with E-state index in [1.165, 1.54) is 0 Å². The maximum Gasteiger partial charge on any atom is 0.254 e. The monoisotopic (exact) mass is 285 g/mol. The number of rotatable bonds is 4. The van der Waals surface area contributed by atoms with Crippen LogP contribution in [0.4, 0.5) is 4.39 Å². The molecule has 0 aromatic carbocycles. The van der Waals surface area contributed by atoms with Crippen LogP contribution in [-0.4, -0.2) is 42.0 Å². The molecule has 1 fully saturated rings. The minimum Gasteiger partial charge on any atom is -0.352 e. The van der Waals surface area contributed by atoms with Gasteiger partial charge in [0.15, 0.2) is 0 Å². The molecular formula is C13H17ClFN3O. The molecule has 0 bridgehead atoms. The summed E-state index contributed by atoms with van der Waals surface area (Å²) < 4.78 is 13.0. The van der Waals surface area contributed by atoms with E-state index < -0.39 is 5.82 Å². The molecule has 1 atom stereocenters. The van der Waals surface area contributed by atoms with E-state index in [0.29, 0.717) is 12.5 Å². The van der Waals surface area contributed by atoms with Crippen LogP contribution in [0.2, 0.25) is 5.15 Å². The van der Waals surface area contributed by atoms with E-state index >= 15 is 0 Å². The van der Waals surface area contributed by atoms with Crippen molar-refractivity contribution < 1.29 is 9.18 Å². The van der Waals surface area contributed by atoms with E-state index in [1.807, 2.05) is 0 Å². The fourth-order valence-corrected chi connectivity index (χ4v) is 2.47. The quantitative estimate of drug-likeness (QED) is 0.860. The molecule has 104 valence electrons. The Bertz CT molecular complexity index is 469. The molecule has 6 heteroatoms. The molecule has 2 rings (SSSR count). The molecule has 1 amide bonds. The Labute approximate surface area is 117 Å². The molecule has 1 aromatic heterocycles. The van der Waals surface area contributed by atoms with Crippen LogP contribution in [0.3, 0.4) is 0 Å². The fraction of sp³-hybridized carbons (Fsp3) is 0.538. The highest BCUT2D eigenvalue weighted by molar-refractivity contribution is 6.32. The summed E-state index contributed by atoms with van der Waals surface area (Å²) in [6.07, 6.45) is 2.07. The summed E-state index contributed by atoms with van der Waals surface area (Å²) in [5, 5.41) is 2.83. The van der Waals surface area contributed by atoms with E-state index in [-0.39, 0.29) is 16.6 Å². The molecule has 2 heterocycles. The number of carbonyl (C=O) groups excluding carboxylic acids is 1. The number of halogens is 2. The van der Waals surface area contributed by atoms with E-state index in [1.54, 1.807) is 0 Å². The first-order valence-electron chi connectivity index (χ1n) is 6.41. The number of aromatic nitrogens is 1. The lowest BCUT2D eigenvalue weighted by Gasteiger charge is -2.14. The summed E-state index contributed by atoms with van der Waals surface area (Å²) in [6, 6.07) is 1.11. The summed E-state index contributed by atoms with van der Waals surface area (Å²) >= 11 is 5.79. The van der Waals surface area contributed by atoms with Crippen molar-refractivity contribution in [2.24, 2.45) is 5.92 Å². The lowest BCUT2D eigenvalue weighted by Crippen LogP contribution is -2.31. The van der Waals surface area contributed by atoms with Gasteiger partial charge in [-0.25, -0.2) is 9.37 Å². The smallest absolute Gasteiger partial charge is 0.254 e. The maximum absolute atomic E-state index is 13.0. The first-order valence-corrected chi connectivity index (χ1v) is 6.79. The largest absolute Gasteiger partial charge is 0.352 e. The van der Waals surface area contributed by atoms with Gasteiger partial charge < -0.3 is 10.2 Å². The molecule has 1 aliphatic rings. The predicted molar refractivity (Wildman–Crippen MR) is 71.8 cm³/mol. The number of carbonyl (C=O) groups is 1. The zero-order chi connectivity index (χ0) is 13.8. The molecule has 1 unspecified atom stereocenters. The van der Waals surface area contributed by atoms with Gasteiger partial charge in [-0.2, -0.15) is 0 Å². The molecule has 0 aliphatic carbocycles. The lowest BCUT2D eigenvalue weighted by molar-refractivity contribution is 0.0946. The predicted octanol–water partition coefficient (Wildman–Crippen LogP) is 1.95. The minimum absolute atomic E-state index is 0.0282. The highest BCUT2D eigenvalue weighted by Crippen LogP contribution is 2.16. The van der Waals surface area contributed by atoms with Gasteiger partial charge in [0.2, 0.25) is 0 Å². The molecule has 0 radical (unpaired) electrons. The first-order chi connectivity index (χ1) is 9.10. The Hall–Kier alpha value is -1.20. The van der Waals surface area contributed by atoms with Crippen LogP contribution < -0.4 is 5.32 Å². The number of nitrogens with one attached hydrogen (secondary N) is 1. The third-order valence-electron chi connectivity index (χ3n) is 3.42. The minimum atomic E-state index is -0.562. The average molecular weight is 286 g/mol. The summed E-state index contributed by atoms with van der Waals surface area (Å²) in [6.45, 7) is 5.80. The number of hydrogen-bond donors (Lipinski definition) is 1. The Kier molecular flexibility index (Phi) is 4.71. The maximum atomic E-state index is 13.0. The Balaban J connectivity index is 1.89. The van der Waals surface area contributed by atoms with Gasteiger partial charge in [-0.15, -0.1) is 0 Å². The molecule has 1 saturated heterocycles. The molecule has 1 aromatic rings. The Morgan fingerprint density at radius 3 is 3.16 bits per heavy atom. The van der Waals surface area contributed by atoms with Gasteiger partial charge in [0.1, 0.15) is 11.0 Å². The SMILES string of the molecule is CCN1CCC(CNC(=O)c2cc(F)cnc2Cl)C1. The number of likely N-dealkylation sites (tertiary alicyclic amines) is 1. The van der Waals surface area contributed by atoms with Gasteiger partial charge in [0, 0.05) is 13.1 Å². The van der Waals surface area contributed by atoms with Crippen LogP contribution in [0.25, 0.3) is 0 Å². The van der Waals surface area contributed by atoms with E-state index in [2.05, 4.69) is 22.1 Å². The lowest BCUT2D eigenvalue weighted by atomic mass is 10.1. The number of hydrogen-bond acceptors (Lipinski definition) is 3. The Morgan fingerprint density at radius 1 is 1.68 bits per heavy atom. The fourth-order valence-electron chi connectivity index (χ4n) is 2.28. The van der Waals surface area contributed by atoms with E-state index in [4.69, 9.17) is 11.6 Å². The van der Waals surface area contributed by atoms with Gasteiger partial charge in [0.05, 0.1) is 11.8 Å². The molecule has 0 spiro atoms. The molecule has 19 heavy (non-hydrogen) atoms. The standard InChI is InChI=1S/C13H17ClFN3O/c1-2-18-4-3-9(8-18)6-17-13(19)11-5-10(15)7-16-12(11)14/h5,7,9H,2-4,6,8H2,1H3,(H,17,19). The third kappa shape index (κ3) is 3.64. The van der Waals surface area contributed by atoms with Crippen molar-refractivity contribution >= 4 is 17.5 Å². The number of pyridine rings is 1. The van der Waals surface area contributed by atoms with Crippen molar-refractivity contribution in [2.45, 2.75) is 13.3 Å². The topological polar surface area (TPSA) is 45.2 Å². The third-order valence-corrected chi connectivity index (χ3v) is 3.72. The van der Waals surface area contributed by atoms with Gasteiger partial charge >= 0.3 is 0 Å². The average Bonchev–Trinajstić information content (AvgIpc) is 2.87. The normalized spacial score (nSPS) is 19.6. The van der Waals surface area contributed by atoms with Crippen molar-refractivity contribution in [3.63, 3.8) is 0 Å². The van der Waals surface area contributed by atoms with Crippen LogP contribution in [0.5, 0.6) is 0 Å². The van der Waals surface area contributed by atoms with Crippen molar-refractivity contribution in [3.8, 4) is 0 Å². The van der Waals surface area contributed by atoms with Crippen molar-refractivity contribution in [2.75, 3.05) is 26.2 Å². The van der Waals surface area contributed by atoms with Crippen molar-refractivity contribution in [3.05, 3.63) is 28.8 Å². The van der Waals surface area contributed by atoms with Crippen LogP contribution >= 0.6 is 11.6 Å².